The lowest BCUT2D eigenvalue weighted by Crippen LogP contribution is -2.03. The van der Waals surface area contributed by atoms with E-state index in [2.05, 4.69) is 24.9 Å². The molecule has 0 radical (unpaired) electrons. The molecule has 3 nitrogen and oxygen atoms in total. The van der Waals surface area contributed by atoms with E-state index in [0.29, 0.717) is 13.0 Å². The summed E-state index contributed by atoms with van der Waals surface area (Å²) in [7, 11) is 0. The molecule has 0 fully saturated rings. The Balaban J connectivity index is 2.23. The third-order valence-electron chi connectivity index (χ3n) is 4.45. The van der Waals surface area contributed by atoms with Gasteiger partial charge in [-0.3, -0.25) is 4.98 Å². The molecule has 0 bridgehead atoms. The quantitative estimate of drug-likeness (QED) is 0.711. The molecule has 0 amide bonds. The summed E-state index contributed by atoms with van der Waals surface area (Å²) in [6.45, 7) is 10.6. The number of hydrogen-bond donors (Lipinski definition) is 0. The van der Waals surface area contributed by atoms with Gasteiger partial charge in [0.1, 0.15) is 18.6 Å². The van der Waals surface area contributed by atoms with E-state index in [4.69, 9.17) is 4.74 Å². The van der Waals surface area contributed by atoms with Crippen molar-refractivity contribution in [1.82, 2.24) is 4.98 Å². The van der Waals surface area contributed by atoms with Crippen LogP contribution in [0.3, 0.4) is 0 Å². The Morgan fingerprint density at radius 2 is 1.83 bits per heavy atom. The van der Waals surface area contributed by atoms with Crippen molar-refractivity contribution in [2.24, 2.45) is 0 Å². The van der Waals surface area contributed by atoms with Crippen molar-refractivity contribution in [3.63, 3.8) is 0 Å². The Hall–Kier alpha value is -2.42. The first-order valence-electron chi connectivity index (χ1n) is 8.23. The van der Waals surface area contributed by atoms with Gasteiger partial charge in [-0.05, 0) is 69.0 Å². The van der Waals surface area contributed by atoms with Crippen LogP contribution in [-0.2, 0) is 11.4 Å². The summed E-state index contributed by atoms with van der Waals surface area (Å²) >= 11 is 0. The number of aldehydes is 1. The summed E-state index contributed by atoms with van der Waals surface area (Å²) in [4.78, 5) is 15.3. The maximum atomic E-state index is 10.9. The Kier molecular flexibility index (Phi) is 5.91. The summed E-state index contributed by atoms with van der Waals surface area (Å²) in [6.07, 6.45) is 3.38. The zero-order chi connectivity index (χ0) is 17.7. The Morgan fingerprint density at radius 3 is 2.46 bits per heavy atom. The van der Waals surface area contributed by atoms with E-state index in [1.54, 1.807) is 0 Å². The molecule has 0 aliphatic carbocycles. The monoisotopic (exact) mass is 323 g/mol. The van der Waals surface area contributed by atoms with Gasteiger partial charge in [0.15, 0.2) is 0 Å². The maximum Gasteiger partial charge on any atom is 0.124 e. The Morgan fingerprint density at radius 1 is 1.08 bits per heavy atom. The van der Waals surface area contributed by atoms with Gasteiger partial charge in [-0.2, -0.15) is 0 Å². The molecule has 126 valence electrons. The van der Waals surface area contributed by atoms with Gasteiger partial charge in [0.2, 0.25) is 0 Å². The van der Waals surface area contributed by atoms with Crippen LogP contribution in [0.5, 0.6) is 5.75 Å². The molecule has 24 heavy (non-hydrogen) atoms. The second-order valence-corrected chi connectivity index (χ2v) is 6.03. The van der Waals surface area contributed by atoms with Gasteiger partial charge in [0.05, 0.1) is 0 Å². The van der Waals surface area contributed by atoms with Gasteiger partial charge < -0.3 is 9.53 Å². The van der Waals surface area contributed by atoms with Crippen molar-refractivity contribution in [1.29, 1.82) is 0 Å². The molecule has 0 saturated heterocycles. The van der Waals surface area contributed by atoms with E-state index in [-0.39, 0.29) is 0 Å². The number of rotatable bonds is 6. The molecule has 0 aliphatic heterocycles. The summed E-state index contributed by atoms with van der Waals surface area (Å²) in [5, 5.41) is 0. The summed E-state index contributed by atoms with van der Waals surface area (Å²) in [6, 6.07) is 8.10. The van der Waals surface area contributed by atoms with E-state index < -0.39 is 0 Å². The summed E-state index contributed by atoms with van der Waals surface area (Å²) in [5.74, 6) is 0.873. The standard InChI is InChI=1S/C21H25NO2/c1-6-18(11-12-23)20-9-10-21(16(4)15(20)3)24-13-19-8-7-14(2)22-17(19)5/h6-10,12H,11,13H2,1-5H3/b18-6-. The van der Waals surface area contributed by atoms with Crippen LogP contribution in [0.1, 0.15) is 47.0 Å². The molecule has 0 atom stereocenters. The number of hydrogen-bond acceptors (Lipinski definition) is 3. The molecular weight excluding hydrogens is 298 g/mol. The molecule has 0 N–H and O–H groups in total. The smallest absolute Gasteiger partial charge is 0.124 e. The molecule has 0 saturated carbocycles. The number of benzene rings is 1. The molecule has 0 spiro atoms. The zero-order valence-corrected chi connectivity index (χ0v) is 15.1. The number of pyridine rings is 1. The zero-order valence-electron chi connectivity index (χ0n) is 15.1. The first-order valence-corrected chi connectivity index (χ1v) is 8.23. The van der Waals surface area contributed by atoms with Crippen LogP contribution in [0.4, 0.5) is 0 Å². The highest BCUT2D eigenvalue weighted by atomic mass is 16.5. The van der Waals surface area contributed by atoms with Crippen molar-refractivity contribution in [3.8, 4) is 5.75 Å². The number of aryl methyl sites for hydroxylation is 2. The fraction of sp³-hybridized carbons (Fsp3) is 0.333. The van der Waals surface area contributed by atoms with Crippen LogP contribution in [-0.4, -0.2) is 11.3 Å². The largest absolute Gasteiger partial charge is 0.489 e. The van der Waals surface area contributed by atoms with Crippen LogP contribution >= 0.6 is 0 Å². The molecule has 1 heterocycles. The van der Waals surface area contributed by atoms with Gasteiger partial charge in [0, 0.05) is 23.4 Å². The number of allylic oxidation sites excluding steroid dienone is 2. The molecule has 3 heteroatoms. The van der Waals surface area contributed by atoms with Crippen LogP contribution in [0, 0.1) is 27.7 Å². The lowest BCUT2D eigenvalue weighted by molar-refractivity contribution is -0.107. The van der Waals surface area contributed by atoms with Gasteiger partial charge in [0.25, 0.3) is 0 Å². The maximum absolute atomic E-state index is 10.9. The first kappa shape index (κ1) is 17.9. The number of ether oxygens (including phenoxy) is 1. The van der Waals surface area contributed by atoms with Crippen molar-refractivity contribution in [3.05, 3.63) is 64.0 Å². The van der Waals surface area contributed by atoms with E-state index in [0.717, 1.165) is 51.3 Å². The van der Waals surface area contributed by atoms with Crippen molar-refractivity contribution in [2.45, 2.75) is 47.6 Å². The number of carbonyl (C=O) groups is 1. The molecule has 1 aromatic heterocycles. The van der Waals surface area contributed by atoms with Gasteiger partial charge in [-0.1, -0.05) is 18.2 Å². The highest BCUT2D eigenvalue weighted by Gasteiger charge is 2.11. The predicted molar refractivity (Wildman–Crippen MR) is 98.3 cm³/mol. The van der Waals surface area contributed by atoms with E-state index in [1.165, 1.54) is 0 Å². The molecule has 0 unspecified atom stereocenters. The van der Waals surface area contributed by atoms with Crippen molar-refractivity contribution >= 4 is 11.9 Å². The fourth-order valence-corrected chi connectivity index (χ4v) is 2.80. The van der Waals surface area contributed by atoms with Crippen molar-refractivity contribution < 1.29 is 9.53 Å². The molecule has 2 aromatic rings. The minimum atomic E-state index is 0.436. The van der Waals surface area contributed by atoms with E-state index in [9.17, 15) is 4.79 Å². The molecule has 0 aliphatic rings. The first-order chi connectivity index (χ1) is 11.5. The van der Waals surface area contributed by atoms with Crippen LogP contribution in [0.2, 0.25) is 0 Å². The Labute approximate surface area is 144 Å². The third-order valence-corrected chi connectivity index (χ3v) is 4.45. The normalized spacial score (nSPS) is 11.5. The lowest BCUT2D eigenvalue weighted by atomic mass is 9.94. The highest BCUT2D eigenvalue weighted by Crippen LogP contribution is 2.30. The van der Waals surface area contributed by atoms with Crippen molar-refractivity contribution in [2.75, 3.05) is 0 Å². The van der Waals surface area contributed by atoms with Gasteiger partial charge in [-0.15, -0.1) is 0 Å². The molecule has 2 rings (SSSR count). The highest BCUT2D eigenvalue weighted by molar-refractivity contribution is 5.79. The summed E-state index contributed by atoms with van der Waals surface area (Å²) in [5.41, 5.74) is 7.54. The second-order valence-electron chi connectivity index (χ2n) is 6.03. The average molecular weight is 323 g/mol. The number of aromatic nitrogens is 1. The topological polar surface area (TPSA) is 39.2 Å². The van der Waals surface area contributed by atoms with Crippen LogP contribution in [0.25, 0.3) is 5.57 Å². The number of carbonyl (C=O) groups excluding carboxylic acids is 1. The molecule has 1 aromatic carbocycles. The fourth-order valence-electron chi connectivity index (χ4n) is 2.80. The lowest BCUT2D eigenvalue weighted by Gasteiger charge is -2.16. The predicted octanol–water partition coefficient (Wildman–Crippen LogP) is 4.89. The second kappa shape index (κ2) is 7.91. The third kappa shape index (κ3) is 3.91. The van der Waals surface area contributed by atoms with Gasteiger partial charge >= 0.3 is 0 Å². The molecular formula is C21H25NO2. The summed E-state index contributed by atoms with van der Waals surface area (Å²) < 4.78 is 6.02. The minimum Gasteiger partial charge on any atom is -0.489 e. The average Bonchev–Trinajstić information content (AvgIpc) is 2.56. The number of nitrogens with zero attached hydrogens (tertiary/aromatic N) is 1. The SMILES string of the molecule is C/C=C(/CC=O)c1ccc(OCc2ccc(C)nc2C)c(C)c1C. The minimum absolute atomic E-state index is 0.436. The Bertz CT molecular complexity index is 776. The van der Waals surface area contributed by atoms with Gasteiger partial charge in [-0.25, -0.2) is 0 Å². The van der Waals surface area contributed by atoms with Crippen LogP contribution < -0.4 is 4.74 Å². The van der Waals surface area contributed by atoms with E-state index >= 15 is 0 Å². The van der Waals surface area contributed by atoms with E-state index in [1.807, 2.05) is 45.0 Å². The van der Waals surface area contributed by atoms with Crippen LogP contribution in [0.15, 0.2) is 30.3 Å².